The number of nitrogens with one attached hydrogen (secondary N) is 2. The topological polar surface area (TPSA) is 106 Å². The fourth-order valence-corrected chi connectivity index (χ4v) is 3.01. The summed E-state index contributed by atoms with van der Waals surface area (Å²) in [5.41, 5.74) is 4.36. The summed E-state index contributed by atoms with van der Waals surface area (Å²) < 4.78 is 10.6. The molecule has 160 valence electrons. The number of carbonyl (C=O) groups is 1. The van der Waals surface area contributed by atoms with Crippen LogP contribution < -0.4 is 20.5 Å². The van der Waals surface area contributed by atoms with Gasteiger partial charge in [0.2, 0.25) is 0 Å². The molecule has 32 heavy (non-hydrogen) atoms. The number of carbonyl (C=O) groups excluding carboxylic acids is 1. The molecule has 4 aromatic rings. The molecule has 8 nitrogen and oxygen atoms in total. The largest absolute Gasteiger partial charge is 0.497 e. The van der Waals surface area contributed by atoms with Gasteiger partial charge in [0.15, 0.2) is 6.61 Å². The zero-order valence-electron chi connectivity index (χ0n) is 17.2. The SMILES string of the molecule is COc1cccc(/C=N/NC(=O)COc2ccc(-c3nc4ccccc4c(=O)[nH]3)cc2)c1. The lowest BCUT2D eigenvalue weighted by Gasteiger charge is -2.07. The summed E-state index contributed by atoms with van der Waals surface area (Å²) in [4.78, 5) is 31.5. The molecule has 0 spiro atoms. The Kier molecular flexibility index (Phi) is 6.22. The first-order chi connectivity index (χ1) is 15.6. The molecule has 0 aliphatic rings. The van der Waals surface area contributed by atoms with Crippen molar-refractivity contribution in [2.45, 2.75) is 0 Å². The number of methoxy groups -OCH3 is 1. The molecule has 0 aliphatic heterocycles. The predicted molar refractivity (Wildman–Crippen MR) is 122 cm³/mol. The van der Waals surface area contributed by atoms with Gasteiger partial charge in [-0.05, 0) is 54.1 Å². The molecule has 2 N–H and O–H groups in total. The van der Waals surface area contributed by atoms with Crippen molar-refractivity contribution in [3.8, 4) is 22.9 Å². The first kappa shape index (κ1) is 20.8. The van der Waals surface area contributed by atoms with Gasteiger partial charge in [-0.3, -0.25) is 9.59 Å². The second-order valence-corrected chi connectivity index (χ2v) is 6.81. The first-order valence-electron chi connectivity index (χ1n) is 9.80. The van der Waals surface area contributed by atoms with Crippen molar-refractivity contribution >= 4 is 23.0 Å². The van der Waals surface area contributed by atoms with Crippen molar-refractivity contribution in [2.24, 2.45) is 5.10 Å². The Labute approximate surface area is 183 Å². The number of aromatic amines is 1. The Bertz CT molecular complexity index is 1330. The van der Waals surface area contributed by atoms with Crippen molar-refractivity contribution in [3.63, 3.8) is 0 Å². The maximum Gasteiger partial charge on any atom is 0.277 e. The molecule has 1 amide bonds. The Morgan fingerprint density at radius 1 is 1.06 bits per heavy atom. The van der Waals surface area contributed by atoms with Gasteiger partial charge >= 0.3 is 0 Å². The second-order valence-electron chi connectivity index (χ2n) is 6.81. The smallest absolute Gasteiger partial charge is 0.277 e. The van der Waals surface area contributed by atoms with Crippen LogP contribution in [0, 0.1) is 0 Å². The van der Waals surface area contributed by atoms with Gasteiger partial charge in [-0.1, -0.05) is 24.3 Å². The number of hydrogen-bond donors (Lipinski definition) is 2. The number of nitrogens with zero attached hydrogens (tertiary/aromatic N) is 2. The van der Waals surface area contributed by atoms with Gasteiger partial charge < -0.3 is 14.5 Å². The second kappa shape index (κ2) is 9.57. The summed E-state index contributed by atoms with van der Waals surface area (Å²) >= 11 is 0. The molecule has 0 radical (unpaired) electrons. The van der Waals surface area contributed by atoms with E-state index >= 15 is 0 Å². The lowest BCUT2D eigenvalue weighted by atomic mass is 10.2. The predicted octanol–water partition coefficient (Wildman–Crippen LogP) is 3.13. The van der Waals surface area contributed by atoms with Crippen LogP contribution in [-0.2, 0) is 4.79 Å². The summed E-state index contributed by atoms with van der Waals surface area (Å²) in [6.07, 6.45) is 1.52. The number of benzene rings is 3. The molecule has 0 saturated carbocycles. The van der Waals surface area contributed by atoms with Gasteiger partial charge in [0, 0.05) is 5.56 Å². The first-order valence-corrected chi connectivity index (χ1v) is 9.80. The standard InChI is InChI=1S/C24H20N4O4/c1-31-19-6-4-5-16(13-19)14-25-28-22(29)15-32-18-11-9-17(10-12-18)23-26-21-8-3-2-7-20(21)24(30)27-23/h2-14H,15H2,1H3,(H,28,29)(H,26,27,30)/b25-14+. The molecule has 0 fully saturated rings. The van der Waals surface area contributed by atoms with Crippen molar-refractivity contribution < 1.29 is 14.3 Å². The van der Waals surface area contributed by atoms with Crippen molar-refractivity contribution in [3.05, 3.63) is 88.7 Å². The molecule has 0 saturated heterocycles. The fourth-order valence-electron chi connectivity index (χ4n) is 3.01. The van der Waals surface area contributed by atoms with Crippen LogP contribution in [0.5, 0.6) is 11.5 Å². The van der Waals surface area contributed by atoms with E-state index in [-0.39, 0.29) is 12.2 Å². The summed E-state index contributed by atoms with van der Waals surface area (Å²) in [5.74, 6) is 1.28. The van der Waals surface area contributed by atoms with E-state index < -0.39 is 5.91 Å². The summed E-state index contributed by atoms with van der Waals surface area (Å²) in [7, 11) is 1.58. The van der Waals surface area contributed by atoms with Crippen LogP contribution in [0.3, 0.4) is 0 Å². The van der Waals surface area contributed by atoms with Gasteiger partial charge in [-0.15, -0.1) is 0 Å². The number of hydrazone groups is 1. The van der Waals surface area contributed by atoms with E-state index in [0.29, 0.717) is 28.2 Å². The summed E-state index contributed by atoms with van der Waals surface area (Å²) in [6.45, 7) is -0.195. The average molecular weight is 428 g/mol. The third kappa shape index (κ3) is 4.99. The highest BCUT2D eigenvalue weighted by Gasteiger charge is 2.07. The van der Waals surface area contributed by atoms with Crippen LogP contribution in [0.25, 0.3) is 22.3 Å². The van der Waals surface area contributed by atoms with Crippen LogP contribution in [0.2, 0.25) is 0 Å². The van der Waals surface area contributed by atoms with E-state index in [9.17, 15) is 9.59 Å². The van der Waals surface area contributed by atoms with E-state index in [1.165, 1.54) is 6.21 Å². The maximum atomic E-state index is 12.2. The quantitative estimate of drug-likeness (QED) is 0.348. The molecule has 0 aliphatic carbocycles. The van der Waals surface area contributed by atoms with Crippen LogP contribution in [0.4, 0.5) is 0 Å². The average Bonchev–Trinajstić information content (AvgIpc) is 2.83. The van der Waals surface area contributed by atoms with Crippen LogP contribution >= 0.6 is 0 Å². The molecule has 0 bridgehead atoms. The van der Waals surface area contributed by atoms with E-state index in [1.54, 1.807) is 55.6 Å². The van der Waals surface area contributed by atoms with Gasteiger partial charge in [-0.2, -0.15) is 5.10 Å². The Balaban J connectivity index is 1.34. The molecule has 0 unspecified atom stereocenters. The Hall–Kier alpha value is -4.46. The highest BCUT2D eigenvalue weighted by atomic mass is 16.5. The summed E-state index contributed by atoms with van der Waals surface area (Å²) in [6, 6.07) is 21.4. The third-order valence-corrected chi connectivity index (χ3v) is 4.61. The van der Waals surface area contributed by atoms with Gasteiger partial charge in [0.05, 0.1) is 24.2 Å². The van der Waals surface area contributed by atoms with Gasteiger partial charge in [-0.25, -0.2) is 10.4 Å². The van der Waals surface area contributed by atoms with E-state index in [1.807, 2.05) is 24.3 Å². The molecule has 0 atom stereocenters. The van der Waals surface area contributed by atoms with Crippen LogP contribution in [-0.4, -0.2) is 35.8 Å². The number of ether oxygens (including phenoxy) is 2. The minimum absolute atomic E-state index is 0.195. The maximum absolute atomic E-state index is 12.2. The lowest BCUT2D eigenvalue weighted by Crippen LogP contribution is -2.24. The third-order valence-electron chi connectivity index (χ3n) is 4.61. The molecule has 3 aromatic carbocycles. The Morgan fingerprint density at radius 3 is 2.69 bits per heavy atom. The zero-order valence-corrected chi connectivity index (χ0v) is 17.2. The van der Waals surface area contributed by atoms with Crippen LogP contribution in [0.15, 0.2) is 82.7 Å². The van der Waals surface area contributed by atoms with E-state index in [0.717, 1.165) is 11.1 Å². The zero-order chi connectivity index (χ0) is 22.3. The number of H-pyrrole nitrogens is 1. The number of rotatable bonds is 7. The fraction of sp³-hybridized carbons (Fsp3) is 0.0833. The lowest BCUT2D eigenvalue weighted by molar-refractivity contribution is -0.123. The highest BCUT2D eigenvalue weighted by Crippen LogP contribution is 2.20. The normalized spacial score (nSPS) is 10.9. The molecule has 4 rings (SSSR count). The Morgan fingerprint density at radius 2 is 1.88 bits per heavy atom. The molecular formula is C24H20N4O4. The molecule has 8 heteroatoms. The van der Waals surface area contributed by atoms with E-state index in [4.69, 9.17) is 9.47 Å². The minimum atomic E-state index is -0.395. The minimum Gasteiger partial charge on any atom is -0.497 e. The van der Waals surface area contributed by atoms with E-state index in [2.05, 4.69) is 20.5 Å². The number of amides is 1. The molecule has 1 aromatic heterocycles. The molecule has 1 heterocycles. The van der Waals surface area contributed by atoms with Gasteiger partial charge in [0.1, 0.15) is 17.3 Å². The highest BCUT2D eigenvalue weighted by molar-refractivity contribution is 5.83. The van der Waals surface area contributed by atoms with Crippen molar-refractivity contribution in [1.82, 2.24) is 15.4 Å². The van der Waals surface area contributed by atoms with Gasteiger partial charge in [0.25, 0.3) is 11.5 Å². The number of para-hydroxylation sites is 1. The number of fused-ring (bicyclic) bond motifs is 1. The number of hydrogen-bond acceptors (Lipinski definition) is 6. The summed E-state index contributed by atoms with van der Waals surface area (Å²) in [5, 5.41) is 4.45. The monoisotopic (exact) mass is 428 g/mol. The van der Waals surface area contributed by atoms with Crippen LogP contribution in [0.1, 0.15) is 5.56 Å². The molecular weight excluding hydrogens is 408 g/mol. The number of aromatic nitrogens is 2. The van der Waals surface area contributed by atoms with Crippen molar-refractivity contribution in [2.75, 3.05) is 13.7 Å². The van der Waals surface area contributed by atoms with Crippen molar-refractivity contribution in [1.29, 1.82) is 0 Å².